The average molecular weight is 343 g/mol. The van der Waals surface area contributed by atoms with Crippen LogP contribution in [0.1, 0.15) is 33.1 Å². The molecule has 0 bridgehead atoms. The number of nitrogens with one attached hydrogen (secondary N) is 4. The van der Waals surface area contributed by atoms with Crippen molar-refractivity contribution in [2.45, 2.75) is 39.2 Å². The minimum Gasteiger partial charge on any atom is -0.348 e. The van der Waals surface area contributed by atoms with Gasteiger partial charge in [0.05, 0.1) is 25.7 Å². The van der Waals surface area contributed by atoms with Crippen molar-refractivity contribution >= 4 is 23.5 Å². The molecule has 24 heavy (non-hydrogen) atoms. The van der Waals surface area contributed by atoms with E-state index in [1.807, 2.05) is 6.92 Å². The van der Waals surface area contributed by atoms with E-state index < -0.39 is 23.8 Å². The third kappa shape index (κ3) is 12.5. The van der Waals surface area contributed by atoms with Crippen molar-refractivity contribution < 1.29 is 19.2 Å². The first-order chi connectivity index (χ1) is 11.4. The maximum absolute atomic E-state index is 11.7. The van der Waals surface area contributed by atoms with Crippen molar-refractivity contribution in [3.05, 3.63) is 0 Å². The van der Waals surface area contributed by atoms with Crippen molar-refractivity contribution in [1.82, 2.24) is 21.3 Å². The van der Waals surface area contributed by atoms with E-state index in [0.29, 0.717) is 6.42 Å². The molecule has 0 saturated heterocycles. The lowest BCUT2D eigenvalue weighted by molar-refractivity contribution is -0.128. The maximum atomic E-state index is 11.7. The highest BCUT2D eigenvalue weighted by Gasteiger charge is 2.14. The highest BCUT2D eigenvalue weighted by atomic mass is 16.2. The second-order valence-electron chi connectivity index (χ2n) is 5.43. The predicted octanol–water partition coefficient (Wildman–Crippen LogP) is -1.97. The zero-order valence-electron chi connectivity index (χ0n) is 14.4. The van der Waals surface area contributed by atoms with E-state index in [1.54, 1.807) is 0 Å². The third-order valence-corrected chi connectivity index (χ3v) is 3.11. The summed E-state index contributed by atoms with van der Waals surface area (Å²) in [4.78, 5) is 45.2. The number of carbonyl (C=O) groups excluding carboxylic acids is 4. The molecule has 0 unspecified atom stereocenters. The van der Waals surface area contributed by atoms with E-state index in [1.165, 1.54) is 6.92 Å². The molecule has 0 radical (unpaired) electrons. The number of carbonyl (C=O) groups is 4. The Bertz CT molecular complexity index is 428. The standard InChI is InChI=1S/C15H29N5O4/c1-3-17-7-5-4-6-12(16)15(24)20-10-14(23)19-9-13(22)18-8-11(2)21/h12,17H,3-10,16H2,1-2H3,(H,18,22)(H,19,23)(H,20,24)/t12-/m0/s1. The molecule has 0 rings (SSSR count). The molecule has 6 N–H and O–H groups in total. The largest absolute Gasteiger partial charge is 0.348 e. The smallest absolute Gasteiger partial charge is 0.239 e. The summed E-state index contributed by atoms with van der Waals surface area (Å²) in [6, 6.07) is -0.654. The van der Waals surface area contributed by atoms with E-state index in [9.17, 15) is 19.2 Å². The predicted molar refractivity (Wildman–Crippen MR) is 90.1 cm³/mol. The van der Waals surface area contributed by atoms with Gasteiger partial charge < -0.3 is 27.0 Å². The summed E-state index contributed by atoms with van der Waals surface area (Å²) in [5.41, 5.74) is 5.75. The van der Waals surface area contributed by atoms with Gasteiger partial charge in [0.1, 0.15) is 5.78 Å². The number of nitrogens with two attached hydrogens (primary N) is 1. The summed E-state index contributed by atoms with van der Waals surface area (Å²) in [7, 11) is 0. The van der Waals surface area contributed by atoms with Crippen molar-refractivity contribution in [2.75, 3.05) is 32.7 Å². The molecular formula is C15H29N5O4. The van der Waals surface area contributed by atoms with Gasteiger partial charge >= 0.3 is 0 Å². The molecule has 0 aliphatic heterocycles. The van der Waals surface area contributed by atoms with Gasteiger partial charge in [0.25, 0.3) is 0 Å². The van der Waals surface area contributed by atoms with Crippen LogP contribution in [-0.4, -0.2) is 62.3 Å². The average Bonchev–Trinajstić information content (AvgIpc) is 2.55. The first-order valence-corrected chi connectivity index (χ1v) is 8.13. The SMILES string of the molecule is CCNCCCC[C@H](N)C(=O)NCC(=O)NCC(=O)NCC(C)=O. The lowest BCUT2D eigenvalue weighted by atomic mass is 10.1. The molecule has 3 amide bonds. The number of hydrogen-bond acceptors (Lipinski definition) is 6. The molecule has 0 saturated carbocycles. The minimum absolute atomic E-state index is 0.0753. The zero-order chi connectivity index (χ0) is 18.4. The summed E-state index contributed by atoms with van der Waals surface area (Å²) in [5.74, 6) is -1.54. The number of rotatable bonds is 13. The lowest BCUT2D eigenvalue weighted by Crippen LogP contribution is -2.46. The molecule has 0 heterocycles. The van der Waals surface area contributed by atoms with Gasteiger partial charge in [-0.15, -0.1) is 0 Å². The Hall–Kier alpha value is -2.00. The van der Waals surface area contributed by atoms with Crippen LogP contribution in [0.25, 0.3) is 0 Å². The Morgan fingerprint density at radius 1 is 0.917 bits per heavy atom. The summed E-state index contributed by atoms with van der Waals surface area (Å²) >= 11 is 0. The van der Waals surface area contributed by atoms with Crippen LogP contribution in [0.3, 0.4) is 0 Å². The first-order valence-electron chi connectivity index (χ1n) is 8.13. The molecule has 0 aromatic rings. The summed E-state index contributed by atoms with van der Waals surface area (Å²) in [6.07, 6.45) is 2.31. The Kier molecular flexibility index (Phi) is 12.3. The Morgan fingerprint density at radius 3 is 2.08 bits per heavy atom. The summed E-state index contributed by atoms with van der Waals surface area (Å²) < 4.78 is 0. The van der Waals surface area contributed by atoms with E-state index in [-0.39, 0.29) is 25.4 Å². The lowest BCUT2D eigenvalue weighted by Gasteiger charge is -2.12. The van der Waals surface area contributed by atoms with Crippen LogP contribution < -0.4 is 27.0 Å². The van der Waals surface area contributed by atoms with Crippen LogP contribution in [0.15, 0.2) is 0 Å². The fraction of sp³-hybridized carbons (Fsp3) is 0.733. The molecular weight excluding hydrogens is 314 g/mol. The van der Waals surface area contributed by atoms with Gasteiger partial charge in [-0.25, -0.2) is 0 Å². The number of hydrogen-bond donors (Lipinski definition) is 5. The van der Waals surface area contributed by atoms with E-state index in [2.05, 4.69) is 21.3 Å². The van der Waals surface area contributed by atoms with Gasteiger partial charge in [-0.1, -0.05) is 13.3 Å². The van der Waals surface area contributed by atoms with Crippen molar-refractivity contribution in [1.29, 1.82) is 0 Å². The Morgan fingerprint density at radius 2 is 1.50 bits per heavy atom. The van der Waals surface area contributed by atoms with E-state index in [4.69, 9.17) is 5.73 Å². The number of amides is 3. The van der Waals surface area contributed by atoms with Crippen LogP contribution >= 0.6 is 0 Å². The summed E-state index contributed by atoms with van der Waals surface area (Å²) in [6.45, 7) is 4.60. The molecule has 0 aromatic heterocycles. The second kappa shape index (κ2) is 13.4. The molecule has 0 aliphatic rings. The van der Waals surface area contributed by atoms with Gasteiger partial charge in [0.15, 0.2) is 0 Å². The zero-order valence-corrected chi connectivity index (χ0v) is 14.4. The molecule has 9 heteroatoms. The quantitative estimate of drug-likeness (QED) is 0.246. The van der Waals surface area contributed by atoms with Crippen LogP contribution in [-0.2, 0) is 19.2 Å². The number of unbranched alkanes of at least 4 members (excludes halogenated alkanes) is 1. The fourth-order valence-corrected chi connectivity index (χ4v) is 1.75. The van der Waals surface area contributed by atoms with Crippen LogP contribution in [0.2, 0.25) is 0 Å². The van der Waals surface area contributed by atoms with Gasteiger partial charge in [-0.3, -0.25) is 19.2 Å². The number of Topliss-reactive ketones (excluding diaryl/α,β-unsaturated/α-hetero) is 1. The normalized spacial score (nSPS) is 11.5. The molecule has 0 spiro atoms. The van der Waals surface area contributed by atoms with E-state index in [0.717, 1.165) is 25.9 Å². The fourth-order valence-electron chi connectivity index (χ4n) is 1.75. The molecule has 1 atom stereocenters. The molecule has 0 aliphatic carbocycles. The maximum Gasteiger partial charge on any atom is 0.239 e. The third-order valence-electron chi connectivity index (χ3n) is 3.11. The van der Waals surface area contributed by atoms with Gasteiger partial charge in [0.2, 0.25) is 17.7 Å². The van der Waals surface area contributed by atoms with Crippen molar-refractivity contribution in [2.24, 2.45) is 5.73 Å². The van der Waals surface area contributed by atoms with Crippen LogP contribution in [0.4, 0.5) is 0 Å². The molecule has 0 aromatic carbocycles. The summed E-state index contributed by atoms with van der Waals surface area (Å²) in [5, 5.41) is 10.3. The van der Waals surface area contributed by atoms with Crippen LogP contribution in [0.5, 0.6) is 0 Å². The van der Waals surface area contributed by atoms with Crippen molar-refractivity contribution in [3.8, 4) is 0 Å². The topological polar surface area (TPSA) is 142 Å². The minimum atomic E-state index is -0.654. The molecule has 9 nitrogen and oxygen atoms in total. The van der Waals surface area contributed by atoms with Gasteiger partial charge in [-0.2, -0.15) is 0 Å². The second-order valence-corrected chi connectivity index (χ2v) is 5.43. The monoisotopic (exact) mass is 343 g/mol. The first kappa shape index (κ1) is 22.0. The van der Waals surface area contributed by atoms with Gasteiger partial charge in [0, 0.05) is 0 Å². The highest BCUT2D eigenvalue weighted by Crippen LogP contribution is 1.98. The van der Waals surface area contributed by atoms with Gasteiger partial charge in [-0.05, 0) is 32.9 Å². The van der Waals surface area contributed by atoms with Crippen LogP contribution in [0, 0.1) is 0 Å². The number of ketones is 1. The Balaban J connectivity index is 3.78. The Labute approximate surface area is 142 Å². The molecule has 0 fully saturated rings. The molecule has 138 valence electrons. The highest BCUT2D eigenvalue weighted by molar-refractivity contribution is 5.90. The van der Waals surface area contributed by atoms with E-state index >= 15 is 0 Å². The van der Waals surface area contributed by atoms with Crippen molar-refractivity contribution in [3.63, 3.8) is 0 Å².